The van der Waals surface area contributed by atoms with Crippen molar-refractivity contribution in [3.05, 3.63) is 0 Å². The van der Waals surface area contributed by atoms with Crippen LogP contribution in [0.5, 0.6) is 0 Å². The normalized spacial score (nSPS) is 21.7. The molecule has 1 fully saturated rings. The van der Waals surface area contributed by atoms with Crippen molar-refractivity contribution in [1.29, 1.82) is 0 Å². The van der Waals surface area contributed by atoms with Crippen molar-refractivity contribution in [2.45, 2.75) is 38.6 Å². The van der Waals surface area contributed by atoms with Gasteiger partial charge in [0.2, 0.25) is 5.91 Å². The number of carboxylic acids is 1. The van der Waals surface area contributed by atoms with Gasteiger partial charge in [-0.25, -0.2) is 8.42 Å². The molecule has 0 aromatic rings. The van der Waals surface area contributed by atoms with Crippen molar-refractivity contribution in [2.24, 2.45) is 0 Å². The van der Waals surface area contributed by atoms with Gasteiger partial charge in [-0.3, -0.25) is 9.59 Å². The number of amides is 1. The molecule has 104 valence electrons. The van der Waals surface area contributed by atoms with E-state index in [0.29, 0.717) is 19.4 Å². The molecule has 7 heteroatoms. The molecule has 0 spiro atoms. The first kappa shape index (κ1) is 14.9. The fourth-order valence-electron chi connectivity index (χ4n) is 2.19. The standard InChI is InChI=1S/C11H19NO5S/c1-2-12(9-6-7-18(16,17)8-9)10(13)4-3-5-11(14)15/h9H,2-8H2,1H3,(H,14,15). The van der Waals surface area contributed by atoms with E-state index in [1.165, 1.54) is 0 Å². The van der Waals surface area contributed by atoms with Crippen LogP contribution in [0.25, 0.3) is 0 Å². The summed E-state index contributed by atoms with van der Waals surface area (Å²) in [6, 6.07) is -0.239. The number of carbonyl (C=O) groups is 2. The Hall–Kier alpha value is -1.11. The second-order valence-electron chi connectivity index (χ2n) is 4.48. The Labute approximate surface area is 107 Å². The maximum atomic E-state index is 11.9. The number of aliphatic carboxylic acids is 1. The number of carbonyl (C=O) groups excluding carboxylic acids is 1. The highest BCUT2D eigenvalue weighted by atomic mass is 32.2. The first-order valence-electron chi connectivity index (χ1n) is 6.07. The van der Waals surface area contributed by atoms with Crippen LogP contribution >= 0.6 is 0 Å². The number of carboxylic acid groups (broad SMARTS) is 1. The van der Waals surface area contributed by atoms with Crippen LogP contribution in [0.4, 0.5) is 0 Å². The lowest BCUT2D eigenvalue weighted by atomic mass is 10.1. The predicted octanol–water partition coefficient (Wildman–Crippen LogP) is 0.277. The lowest BCUT2D eigenvalue weighted by Crippen LogP contribution is -2.40. The topological polar surface area (TPSA) is 91.8 Å². The van der Waals surface area contributed by atoms with Gasteiger partial charge in [0.15, 0.2) is 9.84 Å². The summed E-state index contributed by atoms with van der Waals surface area (Å²) < 4.78 is 22.7. The van der Waals surface area contributed by atoms with Crippen molar-refractivity contribution in [1.82, 2.24) is 4.90 Å². The molecule has 1 rings (SSSR count). The third-order valence-corrected chi connectivity index (χ3v) is 4.84. The van der Waals surface area contributed by atoms with Gasteiger partial charge >= 0.3 is 5.97 Å². The summed E-state index contributed by atoms with van der Waals surface area (Å²) in [6.45, 7) is 2.27. The molecular formula is C11H19NO5S. The highest BCUT2D eigenvalue weighted by Gasteiger charge is 2.33. The molecule has 0 aromatic heterocycles. The fourth-order valence-corrected chi connectivity index (χ4v) is 3.92. The van der Waals surface area contributed by atoms with Crippen LogP contribution in [0.15, 0.2) is 0 Å². The van der Waals surface area contributed by atoms with Crippen LogP contribution in [0, 0.1) is 0 Å². The summed E-state index contributed by atoms with van der Waals surface area (Å²) in [6.07, 6.45) is 0.911. The SMILES string of the molecule is CCN(C(=O)CCCC(=O)O)C1CCS(=O)(=O)C1. The summed E-state index contributed by atoms with van der Waals surface area (Å²) in [5.41, 5.74) is 0. The van der Waals surface area contributed by atoms with E-state index in [-0.39, 0.29) is 36.3 Å². The second kappa shape index (κ2) is 6.17. The van der Waals surface area contributed by atoms with E-state index in [4.69, 9.17) is 5.11 Å². The minimum atomic E-state index is -3.01. The van der Waals surface area contributed by atoms with Crippen LogP contribution in [0.2, 0.25) is 0 Å². The number of sulfone groups is 1. The fraction of sp³-hybridized carbons (Fsp3) is 0.818. The number of rotatable bonds is 6. The second-order valence-corrected chi connectivity index (χ2v) is 6.71. The van der Waals surface area contributed by atoms with Gasteiger partial charge in [-0.15, -0.1) is 0 Å². The van der Waals surface area contributed by atoms with Crippen molar-refractivity contribution in [2.75, 3.05) is 18.1 Å². The first-order valence-corrected chi connectivity index (χ1v) is 7.89. The van der Waals surface area contributed by atoms with Crippen LogP contribution in [0.1, 0.15) is 32.6 Å². The van der Waals surface area contributed by atoms with E-state index >= 15 is 0 Å². The lowest BCUT2D eigenvalue weighted by Gasteiger charge is -2.26. The Morgan fingerprint density at radius 2 is 2.00 bits per heavy atom. The molecule has 0 saturated carbocycles. The molecule has 1 aliphatic heterocycles. The van der Waals surface area contributed by atoms with Gasteiger partial charge in [-0.2, -0.15) is 0 Å². The lowest BCUT2D eigenvalue weighted by molar-refractivity contribution is -0.137. The molecule has 0 aliphatic carbocycles. The molecule has 1 amide bonds. The summed E-state index contributed by atoms with van der Waals surface area (Å²) in [7, 11) is -3.01. The van der Waals surface area contributed by atoms with Crippen molar-refractivity contribution in [3.8, 4) is 0 Å². The van der Waals surface area contributed by atoms with Crippen molar-refractivity contribution >= 4 is 21.7 Å². The Kier molecular flexibility index (Phi) is 5.13. The highest BCUT2D eigenvalue weighted by Crippen LogP contribution is 2.18. The Balaban J connectivity index is 2.50. The van der Waals surface area contributed by atoms with Gasteiger partial charge in [0.05, 0.1) is 11.5 Å². The van der Waals surface area contributed by atoms with Crippen LogP contribution in [-0.2, 0) is 19.4 Å². The molecule has 1 heterocycles. The molecule has 6 nitrogen and oxygen atoms in total. The molecule has 1 saturated heterocycles. The van der Waals surface area contributed by atoms with Gasteiger partial charge in [-0.05, 0) is 19.8 Å². The summed E-state index contributed by atoms with van der Waals surface area (Å²) in [5.74, 6) is -0.905. The molecule has 1 N–H and O–H groups in total. The van der Waals surface area contributed by atoms with E-state index in [1.54, 1.807) is 11.8 Å². The summed E-state index contributed by atoms with van der Waals surface area (Å²) in [4.78, 5) is 23.8. The third-order valence-electron chi connectivity index (χ3n) is 3.09. The maximum absolute atomic E-state index is 11.9. The average molecular weight is 277 g/mol. The van der Waals surface area contributed by atoms with Gasteiger partial charge in [0.25, 0.3) is 0 Å². The third kappa shape index (κ3) is 4.29. The molecule has 0 bridgehead atoms. The van der Waals surface area contributed by atoms with Crippen LogP contribution in [0.3, 0.4) is 0 Å². The van der Waals surface area contributed by atoms with E-state index in [1.807, 2.05) is 0 Å². The summed E-state index contributed by atoms with van der Waals surface area (Å²) >= 11 is 0. The van der Waals surface area contributed by atoms with E-state index < -0.39 is 15.8 Å². The monoisotopic (exact) mass is 277 g/mol. The smallest absolute Gasteiger partial charge is 0.303 e. The zero-order valence-corrected chi connectivity index (χ0v) is 11.3. The predicted molar refractivity (Wildman–Crippen MR) is 65.9 cm³/mol. The zero-order chi connectivity index (χ0) is 13.8. The minimum Gasteiger partial charge on any atom is -0.481 e. The molecule has 0 aromatic carbocycles. The minimum absolute atomic E-state index is 0.0332. The van der Waals surface area contributed by atoms with Gasteiger partial charge in [-0.1, -0.05) is 0 Å². The van der Waals surface area contributed by atoms with Gasteiger partial charge in [0, 0.05) is 25.4 Å². The van der Waals surface area contributed by atoms with Crippen LogP contribution in [-0.4, -0.2) is 54.4 Å². The zero-order valence-electron chi connectivity index (χ0n) is 10.5. The first-order chi connectivity index (χ1) is 8.35. The molecule has 1 aliphatic rings. The van der Waals surface area contributed by atoms with E-state index in [9.17, 15) is 18.0 Å². The van der Waals surface area contributed by atoms with Crippen molar-refractivity contribution in [3.63, 3.8) is 0 Å². The number of nitrogens with zero attached hydrogens (tertiary/aromatic N) is 1. The molecular weight excluding hydrogens is 258 g/mol. The van der Waals surface area contributed by atoms with Gasteiger partial charge < -0.3 is 10.0 Å². The Morgan fingerprint density at radius 3 is 2.44 bits per heavy atom. The van der Waals surface area contributed by atoms with Gasteiger partial charge in [0.1, 0.15) is 0 Å². The number of hydrogen-bond donors (Lipinski definition) is 1. The maximum Gasteiger partial charge on any atom is 0.303 e. The van der Waals surface area contributed by atoms with Crippen molar-refractivity contribution < 1.29 is 23.1 Å². The van der Waals surface area contributed by atoms with E-state index in [2.05, 4.69) is 0 Å². The molecule has 0 radical (unpaired) electrons. The largest absolute Gasteiger partial charge is 0.481 e. The highest BCUT2D eigenvalue weighted by molar-refractivity contribution is 7.91. The van der Waals surface area contributed by atoms with E-state index in [0.717, 1.165) is 0 Å². The molecule has 18 heavy (non-hydrogen) atoms. The Bertz CT molecular complexity index is 417. The number of hydrogen-bond acceptors (Lipinski definition) is 4. The van der Waals surface area contributed by atoms with Crippen LogP contribution < -0.4 is 0 Å². The molecule has 1 atom stereocenters. The Morgan fingerprint density at radius 1 is 1.33 bits per heavy atom. The average Bonchev–Trinajstić information content (AvgIpc) is 2.59. The summed E-state index contributed by atoms with van der Waals surface area (Å²) in [5, 5.41) is 8.50. The quantitative estimate of drug-likeness (QED) is 0.752. The molecule has 1 unspecified atom stereocenters.